The van der Waals surface area contributed by atoms with E-state index in [0.717, 1.165) is 29.0 Å². The van der Waals surface area contributed by atoms with Crippen LogP contribution in [0.25, 0.3) is 11.0 Å². The molecule has 3 rings (SSSR count). The number of carbonyl (C=O) groups excluding carboxylic acids is 1. The van der Waals surface area contributed by atoms with Crippen molar-refractivity contribution < 1.29 is 18.0 Å². The lowest BCUT2D eigenvalue weighted by molar-refractivity contribution is -0.137. The maximum Gasteiger partial charge on any atom is 0.416 e. The van der Waals surface area contributed by atoms with E-state index in [4.69, 9.17) is 0 Å². The van der Waals surface area contributed by atoms with E-state index in [1.807, 2.05) is 31.2 Å². The third-order valence-corrected chi connectivity index (χ3v) is 4.88. The van der Waals surface area contributed by atoms with E-state index in [0.29, 0.717) is 0 Å². The highest BCUT2D eigenvalue weighted by Crippen LogP contribution is 2.31. The van der Waals surface area contributed by atoms with Gasteiger partial charge in [-0.05, 0) is 37.3 Å². The third kappa shape index (κ3) is 4.37. The summed E-state index contributed by atoms with van der Waals surface area (Å²) in [4.78, 5) is 19.7. The molecule has 26 heavy (non-hydrogen) atoms. The number of hydrogen-bond acceptors (Lipinski definition) is 3. The lowest BCUT2D eigenvalue weighted by Crippen LogP contribution is -2.15. The zero-order valence-electron chi connectivity index (χ0n) is 13.8. The van der Waals surface area contributed by atoms with E-state index in [1.54, 1.807) is 0 Å². The number of hydrogen-bond donors (Lipinski definition) is 2. The molecule has 0 aliphatic rings. The topological polar surface area (TPSA) is 57.8 Å². The molecule has 0 aliphatic heterocycles. The number of rotatable bonds is 5. The third-order valence-electron chi connectivity index (χ3n) is 3.73. The first-order valence-corrected chi connectivity index (χ1v) is 8.91. The molecule has 8 heteroatoms. The number of H-pyrrole nitrogens is 1. The van der Waals surface area contributed by atoms with Crippen LogP contribution in [0.1, 0.15) is 23.6 Å². The average Bonchev–Trinajstić information content (AvgIpc) is 3.03. The first-order valence-electron chi connectivity index (χ1n) is 7.86. The van der Waals surface area contributed by atoms with Crippen LogP contribution in [0.15, 0.2) is 48.5 Å². The van der Waals surface area contributed by atoms with Gasteiger partial charge in [0.15, 0.2) is 0 Å². The quantitative estimate of drug-likeness (QED) is 0.655. The SMILES string of the molecule is CC(SCC(=O)Nc1cccc(C(F)(F)F)c1)c1nc2ccccc2[nH]1. The molecule has 3 aromatic rings. The Bertz CT molecular complexity index is 890. The van der Waals surface area contributed by atoms with Gasteiger partial charge in [0, 0.05) is 5.69 Å². The fourth-order valence-corrected chi connectivity index (χ4v) is 3.16. The molecule has 0 aliphatic carbocycles. The van der Waals surface area contributed by atoms with Gasteiger partial charge in [-0.3, -0.25) is 4.79 Å². The molecular weight excluding hydrogens is 363 g/mol. The molecule has 4 nitrogen and oxygen atoms in total. The minimum Gasteiger partial charge on any atom is -0.341 e. The van der Waals surface area contributed by atoms with E-state index in [-0.39, 0.29) is 22.6 Å². The number of alkyl halides is 3. The summed E-state index contributed by atoms with van der Waals surface area (Å²) in [5.74, 6) is 0.495. The van der Waals surface area contributed by atoms with E-state index in [9.17, 15) is 18.0 Å². The molecule has 1 aromatic heterocycles. The molecule has 0 bridgehead atoms. The van der Waals surface area contributed by atoms with E-state index in [1.165, 1.54) is 23.9 Å². The number of fused-ring (bicyclic) bond motifs is 1. The van der Waals surface area contributed by atoms with Crippen molar-refractivity contribution in [2.24, 2.45) is 0 Å². The summed E-state index contributed by atoms with van der Waals surface area (Å²) in [7, 11) is 0. The molecule has 0 saturated heterocycles. The number of amides is 1. The lowest BCUT2D eigenvalue weighted by atomic mass is 10.2. The van der Waals surface area contributed by atoms with Gasteiger partial charge in [-0.15, -0.1) is 11.8 Å². The molecule has 0 fully saturated rings. The Hall–Kier alpha value is -2.48. The number of benzene rings is 2. The van der Waals surface area contributed by atoms with E-state index < -0.39 is 11.7 Å². The Labute approximate surface area is 152 Å². The van der Waals surface area contributed by atoms with Crippen LogP contribution in [0.5, 0.6) is 0 Å². The molecule has 2 N–H and O–H groups in total. The summed E-state index contributed by atoms with van der Waals surface area (Å²) in [6.07, 6.45) is -4.44. The Morgan fingerprint density at radius 1 is 1.23 bits per heavy atom. The van der Waals surface area contributed by atoms with Gasteiger partial charge in [0.05, 0.1) is 27.6 Å². The molecule has 1 amide bonds. The number of imidazole rings is 1. The first-order chi connectivity index (χ1) is 12.3. The number of anilines is 1. The van der Waals surface area contributed by atoms with Crippen LogP contribution in [0.4, 0.5) is 18.9 Å². The van der Waals surface area contributed by atoms with Gasteiger partial charge >= 0.3 is 6.18 Å². The lowest BCUT2D eigenvalue weighted by Gasteiger charge is -2.11. The molecule has 0 radical (unpaired) electrons. The number of nitrogens with zero attached hydrogens (tertiary/aromatic N) is 1. The predicted molar refractivity (Wildman–Crippen MR) is 97.0 cm³/mol. The summed E-state index contributed by atoms with van der Waals surface area (Å²) in [5, 5.41) is 2.44. The molecule has 0 saturated carbocycles. The Morgan fingerprint density at radius 3 is 2.73 bits per heavy atom. The van der Waals surface area contributed by atoms with Crippen LogP contribution >= 0.6 is 11.8 Å². The minimum absolute atomic E-state index is 0.0605. The van der Waals surface area contributed by atoms with Crippen molar-refractivity contribution in [1.29, 1.82) is 0 Å². The summed E-state index contributed by atoms with van der Waals surface area (Å²) >= 11 is 1.35. The molecule has 1 heterocycles. The number of aromatic amines is 1. The van der Waals surface area contributed by atoms with Crippen molar-refractivity contribution in [3.8, 4) is 0 Å². The van der Waals surface area contributed by atoms with Gasteiger partial charge in [-0.25, -0.2) is 4.98 Å². The van der Waals surface area contributed by atoms with Gasteiger partial charge in [0.2, 0.25) is 5.91 Å². The smallest absolute Gasteiger partial charge is 0.341 e. The van der Waals surface area contributed by atoms with Crippen LogP contribution in [0, 0.1) is 0 Å². The second kappa shape index (κ2) is 7.41. The maximum absolute atomic E-state index is 12.7. The van der Waals surface area contributed by atoms with Gasteiger partial charge in [-0.2, -0.15) is 13.2 Å². The summed E-state index contributed by atoms with van der Waals surface area (Å²) in [5.41, 5.74) is 1.10. The van der Waals surface area contributed by atoms with E-state index >= 15 is 0 Å². The second-order valence-corrected chi connectivity index (χ2v) is 7.05. The van der Waals surface area contributed by atoms with Crippen LogP contribution in [-0.2, 0) is 11.0 Å². The number of thioether (sulfide) groups is 1. The summed E-state index contributed by atoms with van der Waals surface area (Å²) in [6.45, 7) is 1.92. The van der Waals surface area contributed by atoms with Gasteiger partial charge in [0.1, 0.15) is 5.82 Å². The monoisotopic (exact) mass is 379 g/mol. The molecular formula is C18H16F3N3OS. The van der Waals surface area contributed by atoms with Gasteiger partial charge in [0.25, 0.3) is 0 Å². The van der Waals surface area contributed by atoms with Crippen LogP contribution in [-0.4, -0.2) is 21.6 Å². The van der Waals surface area contributed by atoms with Crippen LogP contribution < -0.4 is 5.32 Å². The van der Waals surface area contributed by atoms with Crippen molar-refractivity contribution >= 4 is 34.4 Å². The van der Waals surface area contributed by atoms with Gasteiger partial charge in [-0.1, -0.05) is 18.2 Å². The van der Waals surface area contributed by atoms with E-state index in [2.05, 4.69) is 15.3 Å². The number of aromatic nitrogens is 2. The van der Waals surface area contributed by atoms with Crippen LogP contribution in [0.2, 0.25) is 0 Å². The highest BCUT2D eigenvalue weighted by atomic mass is 32.2. The van der Waals surface area contributed by atoms with Crippen LogP contribution in [0.3, 0.4) is 0 Å². The molecule has 1 unspecified atom stereocenters. The van der Waals surface area contributed by atoms with Crippen molar-refractivity contribution in [2.75, 3.05) is 11.1 Å². The summed E-state index contributed by atoms with van der Waals surface area (Å²) < 4.78 is 38.1. The second-order valence-electron chi connectivity index (χ2n) is 5.72. The maximum atomic E-state index is 12.7. The predicted octanol–water partition coefficient (Wildman–Crippen LogP) is 5.01. The molecule has 136 valence electrons. The van der Waals surface area contributed by atoms with Gasteiger partial charge < -0.3 is 10.3 Å². The average molecular weight is 379 g/mol. The Kier molecular flexibility index (Phi) is 5.22. The van der Waals surface area contributed by atoms with Crippen molar-refractivity contribution in [1.82, 2.24) is 9.97 Å². The largest absolute Gasteiger partial charge is 0.416 e. The number of halogens is 3. The molecule has 0 spiro atoms. The highest BCUT2D eigenvalue weighted by molar-refractivity contribution is 8.00. The first kappa shape index (κ1) is 18.3. The fourth-order valence-electron chi connectivity index (χ4n) is 2.42. The zero-order chi connectivity index (χ0) is 18.7. The van der Waals surface area contributed by atoms with Crippen molar-refractivity contribution in [3.63, 3.8) is 0 Å². The zero-order valence-corrected chi connectivity index (χ0v) is 14.6. The van der Waals surface area contributed by atoms with Crippen molar-refractivity contribution in [3.05, 3.63) is 59.9 Å². The Morgan fingerprint density at radius 2 is 2.00 bits per heavy atom. The number of nitrogens with one attached hydrogen (secondary N) is 2. The standard InChI is InChI=1S/C18H16F3N3OS/c1-11(17-23-14-7-2-3-8-15(14)24-17)26-10-16(25)22-13-6-4-5-12(9-13)18(19,20)21/h2-9,11H,10H2,1H3,(H,22,25)(H,23,24). The fraction of sp³-hybridized carbons (Fsp3) is 0.222. The molecule has 1 atom stereocenters. The Balaban J connectivity index is 1.58. The normalized spacial score (nSPS) is 12.9. The molecule has 2 aromatic carbocycles. The minimum atomic E-state index is -4.44. The van der Waals surface area contributed by atoms with Crippen molar-refractivity contribution in [2.45, 2.75) is 18.3 Å². The number of carbonyl (C=O) groups is 1. The summed E-state index contributed by atoms with van der Waals surface area (Å²) in [6, 6.07) is 12.2. The number of para-hydroxylation sites is 2. The highest BCUT2D eigenvalue weighted by Gasteiger charge is 2.30.